The lowest BCUT2D eigenvalue weighted by molar-refractivity contribution is -0.147. The minimum atomic E-state index is -1.35. The molecule has 1 fully saturated rings. The van der Waals surface area contributed by atoms with E-state index >= 15 is 0 Å². The summed E-state index contributed by atoms with van der Waals surface area (Å²) in [5, 5.41) is 11.9. The SMILES string of the molecule is Cc1oc(-c2ccccc2)nc1CC(=O)NC1(C(=O)O)CCOC1. The van der Waals surface area contributed by atoms with E-state index in [1.165, 1.54) is 0 Å². The van der Waals surface area contributed by atoms with Gasteiger partial charge in [0.15, 0.2) is 5.54 Å². The molecule has 126 valence electrons. The van der Waals surface area contributed by atoms with E-state index in [0.717, 1.165) is 5.56 Å². The number of oxazole rings is 1. The summed E-state index contributed by atoms with van der Waals surface area (Å²) in [5.41, 5.74) is -0.0407. The third kappa shape index (κ3) is 3.16. The van der Waals surface area contributed by atoms with Gasteiger partial charge in [-0.25, -0.2) is 9.78 Å². The highest BCUT2D eigenvalue weighted by molar-refractivity contribution is 5.88. The molecule has 0 saturated carbocycles. The largest absolute Gasteiger partial charge is 0.479 e. The van der Waals surface area contributed by atoms with Gasteiger partial charge < -0.3 is 19.6 Å². The van der Waals surface area contributed by atoms with E-state index in [-0.39, 0.29) is 19.4 Å². The number of aromatic nitrogens is 1. The third-order valence-corrected chi connectivity index (χ3v) is 4.05. The van der Waals surface area contributed by atoms with Crippen LogP contribution in [-0.4, -0.2) is 40.7 Å². The molecule has 2 aromatic rings. The molecule has 1 aliphatic heterocycles. The van der Waals surface area contributed by atoms with Crippen LogP contribution in [0.25, 0.3) is 11.5 Å². The van der Waals surface area contributed by atoms with E-state index in [4.69, 9.17) is 9.15 Å². The molecule has 24 heavy (non-hydrogen) atoms. The average molecular weight is 330 g/mol. The summed E-state index contributed by atoms with van der Waals surface area (Å²) >= 11 is 0. The summed E-state index contributed by atoms with van der Waals surface area (Å²) in [6, 6.07) is 9.37. The van der Waals surface area contributed by atoms with Crippen molar-refractivity contribution >= 4 is 11.9 Å². The van der Waals surface area contributed by atoms with Crippen molar-refractivity contribution in [1.82, 2.24) is 10.3 Å². The van der Waals surface area contributed by atoms with Crippen LogP contribution in [-0.2, 0) is 20.7 Å². The summed E-state index contributed by atoms with van der Waals surface area (Å²) in [4.78, 5) is 28.1. The molecule has 1 saturated heterocycles. The fourth-order valence-electron chi connectivity index (χ4n) is 2.65. The van der Waals surface area contributed by atoms with Crippen LogP contribution in [0.3, 0.4) is 0 Å². The molecule has 1 aromatic carbocycles. The Labute approximate surface area is 138 Å². The van der Waals surface area contributed by atoms with Gasteiger partial charge in [0.1, 0.15) is 5.76 Å². The summed E-state index contributed by atoms with van der Waals surface area (Å²) in [6.07, 6.45) is 0.207. The van der Waals surface area contributed by atoms with Crippen molar-refractivity contribution in [3.63, 3.8) is 0 Å². The third-order valence-electron chi connectivity index (χ3n) is 4.05. The fourth-order valence-corrected chi connectivity index (χ4v) is 2.65. The molecule has 2 heterocycles. The highest BCUT2D eigenvalue weighted by atomic mass is 16.5. The van der Waals surface area contributed by atoms with Gasteiger partial charge in [0.25, 0.3) is 0 Å². The van der Waals surface area contributed by atoms with Crippen LogP contribution in [0.2, 0.25) is 0 Å². The van der Waals surface area contributed by atoms with Crippen LogP contribution in [0, 0.1) is 6.92 Å². The van der Waals surface area contributed by atoms with Crippen LogP contribution >= 0.6 is 0 Å². The summed E-state index contributed by atoms with van der Waals surface area (Å²) in [7, 11) is 0. The molecule has 1 atom stereocenters. The molecule has 0 bridgehead atoms. The Balaban J connectivity index is 1.73. The van der Waals surface area contributed by atoms with Gasteiger partial charge in [-0.15, -0.1) is 0 Å². The Hall–Kier alpha value is -2.67. The van der Waals surface area contributed by atoms with Gasteiger partial charge in [0.05, 0.1) is 18.7 Å². The van der Waals surface area contributed by atoms with E-state index in [1.807, 2.05) is 30.3 Å². The number of hydrogen-bond donors (Lipinski definition) is 2. The first-order valence-electron chi connectivity index (χ1n) is 7.64. The maximum Gasteiger partial charge on any atom is 0.331 e. The van der Waals surface area contributed by atoms with Crippen LogP contribution < -0.4 is 5.32 Å². The van der Waals surface area contributed by atoms with E-state index in [9.17, 15) is 14.7 Å². The smallest absolute Gasteiger partial charge is 0.331 e. The van der Waals surface area contributed by atoms with Gasteiger partial charge in [0.2, 0.25) is 11.8 Å². The maximum absolute atomic E-state index is 12.3. The number of carboxylic acid groups (broad SMARTS) is 1. The van der Waals surface area contributed by atoms with Crippen molar-refractivity contribution in [2.24, 2.45) is 0 Å². The lowest BCUT2D eigenvalue weighted by Crippen LogP contribution is -2.55. The number of nitrogens with one attached hydrogen (secondary N) is 1. The molecule has 7 heteroatoms. The Morgan fingerprint density at radius 3 is 2.71 bits per heavy atom. The highest BCUT2D eigenvalue weighted by Gasteiger charge is 2.44. The zero-order valence-corrected chi connectivity index (χ0v) is 13.2. The topological polar surface area (TPSA) is 102 Å². The number of carbonyl (C=O) groups is 2. The van der Waals surface area contributed by atoms with Crippen LogP contribution in [0.1, 0.15) is 17.9 Å². The van der Waals surface area contributed by atoms with Crippen molar-refractivity contribution in [2.45, 2.75) is 25.3 Å². The van der Waals surface area contributed by atoms with Crippen molar-refractivity contribution in [3.8, 4) is 11.5 Å². The van der Waals surface area contributed by atoms with Gasteiger partial charge in [-0.1, -0.05) is 18.2 Å². The highest BCUT2D eigenvalue weighted by Crippen LogP contribution is 2.23. The van der Waals surface area contributed by atoms with Gasteiger partial charge in [-0.3, -0.25) is 4.79 Å². The van der Waals surface area contributed by atoms with Crippen LogP contribution in [0.5, 0.6) is 0 Å². The quantitative estimate of drug-likeness (QED) is 0.862. The van der Waals surface area contributed by atoms with Crippen LogP contribution in [0.4, 0.5) is 0 Å². The Bertz CT molecular complexity index is 748. The summed E-state index contributed by atoms with van der Waals surface area (Å²) in [6.45, 7) is 2.02. The molecule has 0 spiro atoms. The standard InChI is InChI=1S/C17H18N2O5/c1-11-13(18-15(24-11)12-5-3-2-4-6-12)9-14(20)19-17(16(21)22)7-8-23-10-17/h2-6H,7-10H2,1H3,(H,19,20)(H,21,22). The van der Waals surface area contributed by atoms with E-state index < -0.39 is 17.4 Å². The predicted molar refractivity (Wildman–Crippen MR) is 84.3 cm³/mol. The first-order valence-corrected chi connectivity index (χ1v) is 7.64. The normalized spacial score (nSPS) is 20.0. The molecule has 1 unspecified atom stereocenters. The lowest BCUT2D eigenvalue weighted by Gasteiger charge is -2.23. The average Bonchev–Trinajstić information content (AvgIpc) is 3.17. The second-order valence-corrected chi connectivity index (χ2v) is 5.80. The number of aliphatic carboxylic acids is 1. The molecule has 7 nitrogen and oxygen atoms in total. The molecule has 0 aliphatic carbocycles. The number of benzene rings is 1. The Kier molecular flexibility index (Phi) is 4.35. The number of aryl methyl sites for hydroxylation is 1. The minimum Gasteiger partial charge on any atom is -0.479 e. The van der Waals surface area contributed by atoms with E-state index in [1.54, 1.807) is 6.92 Å². The summed E-state index contributed by atoms with van der Waals surface area (Å²) < 4.78 is 10.7. The zero-order chi connectivity index (χ0) is 17.2. The predicted octanol–water partition coefficient (Wildman–Crippen LogP) is 1.55. The van der Waals surface area contributed by atoms with E-state index in [2.05, 4.69) is 10.3 Å². The Morgan fingerprint density at radius 1 is 1.33 bits per heavy atom. The van der Waals surface area contributed by atoms with Crippen LogP contribution in [0.15, 0.2) is 34.7 Å². The molecule has 2 N–H and O–H groups in total. The molecule has 1 aromatic heterocycles. The second kappa shape index (κ2) is 6.45. The number of ether oxygens (including phenoxy) is 1. The zero-order valence-electron chi connectivity index (χ0n) is 13.2. The number of amides is 1. The molecule has 0 radical (unpaired) electrons. The van der Waals surface area contributed by atoms with Crippen molar-refractivity contribution < 1.29 is 23.8 Å². The van der Waals surface area contributed by atoms with Crippen molar-refractivity contribution in [3.05, 3.63) is 41.8 Å². The lowest BCUT2D eigenvalue weighted by atomic mass is 9.98. The molecule has 1 aliphatic rings. The monoisotopic (exact) mass is 330 g/mol. The number of hydrogen-bond acceptors (Lipinski definition) is 5. The number of carboxylic acids is 1. The number of carbonyl (C=O) groups excluding carboxylic acids is 1. The van der Waals surface area contributed by atoms with Gasteiger partial charge in [0, 0.05) is 18.6 Å². The molecular formula is C17H18N2O5. The fraction of sp³-hybridized carbons (Fsp3) is 0.353. The molecule has 3 rings (SSSR count). The van der Waals surface area contributed by atoms with Crippen molar-refractivity contribution in [1.29, 1.82) is 0 Å². The van der Waals surface area contributed by atoms with Crippen molar-refractivity contribution in [2.75, 3.05) is 13.2 Å². The molecular weight excluding hydrogens is 312 g/mol. The maximum atomic E-state index is 12.3. The van der Waals surface area contributed by atoms with E-state index in [0.29, 0.717) is 24.0 Å². The Morgan fingerprint density at radius 2 is 2.08 bits per heavy atom. The van der Waals surface area contributed by atoms with Gasteiger partial charge in [-0.2, -0.15) is 0 Å². The summed E-state index contributed by atoms with van der Waals surface area (Å²) in [5.74, 6) is -0.529. The second-order valence-electron chi connectivity index (χ2n) is 5.80. The first-order chi connectivity index (χ1) is 11.5. The van der Waals surface area contributed by atoms with Gasteiger partial charge in [-0.05, 0) is 19.1 Å². The minimum absolute atomic E-state index is 0.0267. The first kappa shape index (κ1) is 16.2. The molecule has 1 amide bonds. The number of nitrogens with zero attached hydrogens (tertiary/aromatic N) is 1. The van der Waals surface area contributed by atoms with Gasteiger partial charge >= 0.3 is 5.97 Å². The number of rotatable bonds is 5.